The van der Waals surface area contributed by atoms with Gasteiger partial charge in [0.15, 0.2) is 0 Å². The first-order chi connectivity index (χ1) is 9.63. The van der Waals surface area contributed by atoms with Crippen LogP contribution in [0.15, 0.2) is 52.3 Å². The highest BCUT2D eigenvalue weighted by Crippen LogP contribution is 2.15. The molecule has 6 heteroatoms. The molecule has 0 amide bonds. The maximum atomic E-state index is 13.1. The third-order valence-corrected chi connectivity index (χ3v) is 3.39. The quantitative estimate of drug-likeness (QED) is 0.724. The average molecular weight is 334 g/mol. The van der Waals surface area contributed by atoms with Crippen molar-refractivity contribution < 1.29 is 4.39 Å². The van der Waals surface area contributed by atoms with Gasteiger partial charge in [0.25, 0.3) is 5.56 Å². The van der Waals surface area contributed by atoms with E-state index in [0.29, 0.717) is 16.5 Å². The van der Waals surface area contributed by atoms with E-state index < -0.39 is 5.82 Å². The standard InChI is InChI=1S/C14H9BrFN3O/c15-10-1-2-12-13(4-10)18-8-19(14(12)20)7-9-3-11(16)6-17-5-9/h1-6,8H,7H2. The van der Waals surface area contributed by atoms with Crippen LogP contribution in [-0.2, 0) is 6.54 Å². The molecule has 0 bridgehead atoms. The van der Waals surface area contributed by atoms with E-state index in [0.717, 1.165) is 10.7 Å². The molecular weight excluding hydrogens is 325 g/mol. The van der Waals surface area contributed by atoms with Crippen molar-refractivity contribution in [1.82, 2.24) is 14.5 Å². The second-order valence-corrected chi connectivity index (χ2v) is 5.27. The minimum absolute atomic E-state index is 0.160. The summed E-state index contributed by atoms with van der Waals surface area (Å²) in [5, 5.41) is 0.528. The Morgan fingerprint density at radius 2 is 2.10 bits per heavy atom. The largest absolute Gasteiger partial charge is 0.294 e. The summed E-state index contributed by atoms with van der Waals surface area (Å²) >= 11 is 3.34. The van der Waals surface area contributed by atoms with Gasteiger partial charge in [-0.3, -0.25) is 14.3 Å². The normalized spacial score (nSPS) is 10.9. The van der Waals surface area contributed by atoms with E-state index >= 15 is 0 Å². The zero-order valence-electron chi connectivity index (χ0n) is 10.3. The predicted octanol–water partition coefficient (Wildman–Crippen LogP) is 2.74. The van der Waals surface area contributed by atoms with Gasteiger partial charge in [0.05, 0.1) is 30.0 Å². The van der Waals surface area contributed by atoms with Gasteiger partial charge in [-0.25, -0.2) is 9.37 Å². The highest BCUT2D eigenvalue weighted by Gasteiger charge is 2.06. The van der Waals surface area contributed by atoms with Crippen molar-refractivity contribution >= 4 is 26.8 Å². The van der Waals surface area contributed by atoms with Gasteiger partial charge in [0.2, 0.25) is 0 Å². The van der Waals surface area contributed by atoms with Gasteiger partial charge in [0.1, 0.15) is 5.82 Å². The number of aromatic nitrogens is 3. The van der Waals surface area contributed by atoms with Crippen LogP contribution in [-0.4, -0.2) is 14.5 Å². The van der Waals surface area contributed by atoms with Crippen molar-refractivity contribution in [1.29, 1.82) is 0 Å². The summed E-state index contributed by atoms with van der Waals surface area (Å²) in [5.74, 6) is -0.423. The SMILES string of the molecule is O=c1c2ccc(Br)cc2ncn1Cc1cncc(F)c1. The van der Waals surface area contributed by atoms with Gasteiger partial charge < -0.3 is 0 Å². The second kappa shape index (κ2) is 5.13. The van der Waals surface area contributed by atoms with Crippen molar-refractivity contribution in [3.8, 4) is 0 Å². The molecule has 0 fully saturated rings. The van der Waals surface area contributed by atoms with Crippen LogP contribution >= 0.6 is 15.9 Å². The Bertz CT molecular complexity index is 847. The van der Waals surface area contributed by atoms with E-state index in [-0.39, 0.29) is 12.1 Å². The van der Waals surface area contributed by atoms with Crippen LogP contribution in [0.1, 0.15) is 5.56 Å². The molecule has 0 saturated heterocycles. The Morgan fingerprint density at radius 3 is 2.90 bits per heavy atom. The van der Waals surface area contributed by atoms with E-state index in [1.54, 1.807) is 18.2 Å². The number of halogens is 2. The summed E-state index contributed by atoms with van der Waals surface area (Å²) in [4.78, 5) is 20.3. The Hall–Kier alpha value is -2.08. The summed E-state index contributed by atoms with van der Waals surface area (Å²) in [6.45, 7) is 0.239. The Kier molecular flexibility index (Phi) is 3.31. The topological polar surface area (TPSA) is 47.8 Å². The van der Waals surface area contributed by atoms with Gasteiger partial charge in [-0.2, -0.15) is 0 Å². The third-order valence-electron chi connectivity index (χ3n) is 2.90. The molecule has 0 spiro atoms. The van der Waals surface area contributed by atoms with Crippen molar-refractivity contribution in [3.63, 3.8) is 0 Å². The molecule has 20 heavy (non-hydrogen) atoms. The van der Waals surface area contributed by atoms with Crippen LogP contribution in [0.25, 0.3) is 10.9 Å². The van der Waals surface area contributed by atoms with Crippen LogP contribution in [0.4, 0.5) is 4.39 Å². The molecule has 3 aromatic rings. The van der Waals surface area contributed by atoms with Crippen LogP contribution in [0.2, 0.25) is 0 Å². The number of fused-ring (bicyclic) bond motifs is 1. The lowest BCUT2D eigenvalue weighted by Gasteiger charge is -2.06. The Morgan fingerprint density at radius 1 is 1.25 bits per heavy atom. The summed E-state index contributed by atoms with van der Waals surface area (Å²) in [5.41, 5.74) is 1.08. The van der Waals surface area contributed by atoms with E-state index in [2.05, 4.69) is 25.9 Å². The van der Waals surface area contributed by atoms with E-state index in [1.165, 1.54) is 23.2 Å². The van der Waals surface area contributed by atoms with Gasteiger partial charge >= 0.3 is 0 Å². The van der Waals surface area contributed by atoms with Crippen LogP contribution in [0.3, 0.4) is 0 Å². The fourth-order valence-electron chi connectivity index (χ4n) is 1.98. The molecule has 0 radical (unpaired) electrons. The van der Waals surface area contributed by atoms with E-state index in [9.17, 15) is 9.18 Å². The van der Waals surface area contributed by atoms with Crippen molar-refractivity contribution in [2.24, 2.45) is 0 Å². The Balaban J connectivity index is 2.07. The first-order valence-corrected chi connectivity index (χ1v) is 6.67. The van der Waals surface area contributed by atoms with Crippen molar-refractivity contribution in [2.45, 2.75) is 6.54 Å². The lowest BCUT2D eigenvalue weighted by molar-refractivity contribution is 0.615. The van der Waals surface area contributed by atoms with Gasteiger partial charge in [-0.15, -0.1) is 0 Å². The molecule has 0 aliphatic heterocycles. The minimum Gasteiger partial charge on any atom is -0.294 e. The third kappa shape index (κ3) is 2.46. The summed E-state index contributed by atoms with van der Waals surface area (Å²) in [6, 6.07) is 6.64. The van der Waals surface area contributed by atoms with Crippen molar-refractivity contribution in [2.75, 3.05) is 0 Å². The maximum absolute atomic E-state index is 13.1. The highest BCUT2D eigenvalue weighted by atomic mass is 79.9. The highest BCUT2D eigenvalue weighted by molar-refractivity contribution is 9.10. The average Bonchev–Trinajstić information content (AvgIpc) is 2.42. The van der Waals surface area contributed by atoms with Gasteiger partial charge in [-0.05, 0) is 29.8 Å². The number of nitrogens with zero attached hydrogens (tertiary/aromatic N) is 3. The number of rotatable bonds is 2. The molecule has 0 atom stereocenters. The van der Waals surface area contributed by atoms with Crippen LogP contribution in [0, 0.1) is 5.82 Å². The Labute approximate surface area is 122 Å². The molecule has 0 unspecified atom stereocenters. The van der Waals surface area contributed by atoms with Gasteiger partial charge in [0, 0.05) is 10.7 Å². The maximum Gasteiger partial charge on any atom is 0.261 e. The molecule has 2 heterocycles. The number of benzene rings is 1. The molecule has 0 N–H and O–H groups in total. The molecule has 3 rings (SSSR count). The lowest BCUT2D eigenvalue weighted by Crippen LogP contribution is -2.21. The van der Waals surface area contributed by atoms with Gasteiger partial charge in [-0.1, -0.05) is 15.9 Å². The summed E-state index contributed by atoms with van der Waals surface area (Å²) < 4.78 is 15.4. The van der Waals surface area contributed by atoms with Crippen LogP contribution in [0.5, 0.6) is 0 Å². The first-order valence-electron chi connectivity index (χ1n) is 5.87. The first kappa shape index (κ1) is 12.9. The zero-order valence-corrected chi connectivity index (χ0v) is 11.8. The molecule has 1 aromatic carbocycles. The molecule has 0 aliphatic rings. The van der Waals surface area contributed by atoms with Crippen LogP contribution < -0.4 is 5.56 Å². The van der Waals surface area contributed by atoms with E-state index in [4.69, 9.17) is 0 Å². The molecule has 100 valence electrons. The minimum atomic E-state index is -0.423. The fraction of sp³-hybridized carbons (Fsp3) is 0.0714. The van der Waals surface area contributed by atoms with Crippen molar-refractivity contribution in [3.05, 3.63) is 69.2 Å². The molecule has 4 nitrogen and oxygen atoms in total. The molecule has 2 aromatic heterocycles. The lowest BCUT2D eigenvalue weighted by atomic mass is 10.2. The number of pyridine rings is 1. The zero-order chi connectivity index (χ0) is 14.1. The molecule has 0 saturated carbocycles. The monoisotopic (exact) mass is 333 g/mol. The molecular formula is C14H9BrFN3O. The number of hydrogen-bond acceptors (Lipinski definition) is 3. The molecule has 0 aliphatic carbocycles. The second-order valence-electron chi connectivity index (χ2n) is 4.35. The summed E-state index contributed by atoms with van der Waals surface area (Å²) in [7, 11) is 0. The number of hydrogen-bond donors (Lipinski definition) is 0. The predicted molar refractivity (Wildman–Crippen MR) is 77.0 cm³/mol. The smallest absolute Gasteiger partial charge is 0.261 e. The van der Waals surface area contributed by atoms with E-state index in [1.807, 2.05) is 0 Å². The fourth-order valence-corrected chi connectivity index (χ4v) is 2.33. The summed E-state index contributed by atoms with van der Waals surface area (Å²) in [6.07, 6.45) is 4.12.